The predicted molar refractivity (Wildman–Crippen MR) is 75.8 cm³/mol. The van der Waals surface area contributed by atoms with Crippen LogP contribution in [0.5, 0.6) is 0 Å². The van der Waals surface area contributed by atoms with E-state index in [2.05, 4.69) is 0 Å². The fourth-order valence-electron chi connectivity index (χ4n) is 3.20. The van der Waals surface area contributed by atoms with E-state index in [4.69, 9.17) is 5.73 Å². The quantitative estimate of drug-likeness (QED) is 0.844. The Balaban J connectivity index is 1.93. The highest BCUT2D eigenvalue weighted by Crippen LogP contribution is 2.42. The van der Waals surface area contributed by atoms with Gasteiger partial charge in [0.25, 0.3) is 0 Å². The van der Waals surface area contributed by atoms with Crippen molar-refractivity contribution in [3.05, 3.63) is 35.9 Å². The van der Waals surface area contributed by atoms with Gasteiger partial charge < -0.3 is 5.73 Å². The lowest BCUT2D eigenvalue weighted by molar-refractivity contribution is -0.142. The molecule has 1 aromatic rings. The molecule has 0 bridgehead atoms. The molecule has 0 spiro atoms. The minimum absolute atomic E-state index is 0.0799. The monoisotopic (exact) mass is 272 g/mol. The molecule has 1 saturated heterocycles. The minimum Gasteiger partial charge on any atom is -0.328 e. The highest BCUT2D eigenvalue weighted by molar-refractivity contribution is 6.09. The maximum Gasteiger partial charge on any atom is 0.240 e. The molecule has 20 heavy (non-hydrogen) atoms. The molecule has 1 aromatic carbocycles. The average molecular weight is 272 g/mol. The van der Waals surface area contributed by atoms with Gasteiger partial charge in [0.05, 0.1) is 11.5 Å². The molecular weight excluding hydrogens is 252 g/mol. The van der Waals surface area contributed by atoms with Crippen LogP contribution < -0.4 is 5.73 Å². The molecule has 2 amide bonds. The lowest BCUT2D eigenvalue weighted by atomic mass is 9.81. The number of likely N-dealkylation sites (tertiary alicyclic amines) is 1. The van der Waals surface area contributed by atoms with Gasteiger partial charge in [-0.1, -0.05) is 30.3 Å². The SMILES string of the molecule is CC1(c2ccccc2)CC(=O)N(C(CN)C2CC2)C1=O. The van der Waals surface area contributed by atoms with Crippen molar-refractivity contribution in [2.45, 2.75) is 37.6 Å². The zero-order chi connectivity index (χ0) is 14.3. The van der Waals surface area contributed by atoms with E-state index in [0.29, 0.717) is 12.5 Å². The number of benzene rings is 1. The summed E-state index contributed by atoms with van der Waals surface area (Å²) in [4.78, 5) is 26.6. The van der Waals surface area contributed by atoms with Crippen molar-refractivity contribution in [1.29, 1.82) is 0 Å². The van der Waals surface area contributed by atoms with E-state index in [0.717, 1.165) is 18.4 Å². The first-order valence-electron chi connectivity index (χ1n) is 7.20. The Labute approximate surface area is 118 Å². The van der Waals surface area contributed by atoms with Gasteiger partial charge in [0.15, 0.2) is 0 Å². The summed E-state index contributed by atoms with van der Waals surface area (Å²) in [6.45, 7) is 2.23. The lowest BCUT2D eigenvalue weighted by Gasteiger charge is -2.28. The minimum atomic E-state index is -0.735. The molecule has 3 rings (SSSR count). The number of carbonyl (C=O) groups is 2. The van der Waals surface area contributed by atoms with E-state index in [1.54, 1.807) is 0 Å². The van der Waals surface area contributed by atoms with Crippen LogP contribution in [-0.2, 0) is 15.0 Å². The summed E-state index contributed by atoms with van der Waals surface area (Å²) in [5, 5.41) is 0. The molecule has 2 N–H and O–H groups in total. The Morgan fingerprint density at radius 1 is 1.30 bits per heavy atom. The highest BCUT2D eigenvalue weighted by Gasteiger charge is 2.53. The molecule has 1 heterocycles. The van der Waals surface area contributed by atoms with Gasteiger partial charge >= 0.3 is 0 Å². The predicted octanol–water partition coefficient (Wildman–Crippen LogP) is 1.44. The van der Waals surface area contributed by atoms with E-state index in [-0.39, 0.29) is 24.3 Å². The summed E-state index contributed by atoms with van der Waals surface area (Å²) in [6.07, 6.45) is 2.39. The molecular formula is C16H20N2O2. The summed E-state index contributed by atoms with van der Waals surface area (Å²) < 4.78 is 0. The van der Waals surface area contributed by atoms with Gasteiger partial charge in [0.2, 0.25) is 11.8 Å². The van der Waals surface area contributed by atoms with Gasteiger partial charge in [-0.15, -0.1) is 0 Å². The average Bonchev–Trinajstić information content (AvgIpc) is 3.25. The maximum absolute atomic E-state index is 12.8. The Morgan fingerprint density at radius 2 is 1.95 bits per heavy atom. The second-order valence-electron chi connectivity index (χ2n) is 6.08. The van der Waals surface area contributed by atoms with Gasteiger partial charge in [-0.3, -0.25) is 14.5 Å². The molecule has 2 unspecified atom stereocenters. The van der Waals surface area contributed by atoms with Crippen LogP contribution in [0.2, 0.25) is 0 Å². The molecule has 1 saturated carbocycles. The van der Waals surface area contributed by atoms with Crippen molar-refractivity contribution >= 4 is 11.8 Å². The molecule has 4 heteroatoms. The van der Waals surface area contributed by atoms with Gasteiger partial charge in [-0.25, -0.2) is 0 Å². The Hall–Kier alpha value is -1.68. The summed E-state index contributed by atoms with van der Waals surface area (Å²) >= 11 is 0. The van der Waals surface area contributed by atoms with Crippen molar-refractivity contribution in [2.75, 3.05) is 6.54 Å². The molecule has 2 atom stereocenters. The van der Waals surface area contributed by atoms with Crippen LogP contribution in [0.1, 0.15) is 31.7 Å². The Kier molecular flexibility index (Phi) is 3.13. The van der Waals surface area contributed by atoms with E-state index in [1.807, 2.05) is 37.3 Å². The van der Waals surface area contributed by atoms with Crippen molar-refractivity contribution in [3.8, 4) is 0 Å². The number of nitrogens with zero attached hydrogens (tertiary/aromatic N) is 1. The topological polar surface area (TPSA) is 63.4 Å². The fraction of sp³-hybridized carbons (Fsp3) is 0.500. The largest absolute Gasteiger partial charge is 0.328 e. The Bertz CT molecular complexity index is 539. The van der Waals surface area contributed by atoms with Crippen LogP contribution in [-0.4, -0.2) is 29.3 Å². The second-order valence-corrected chi connectivity index (χ2v) is 6.08. The Morgan fingerprint density at radius 3 is 2.50 bits per heavy atom. The van der Waals surface area contributed by atoms with Gasteiger partial charge in [0, 0.05) is 13.0 Å². The summed E-state index contributed by atoms with van der Waals surface area (Å²) in [6, 6.07) is 9.45. The number of amides is 2. The van der Waals surface area contributed by atoms with Crippen molar-refractivity contribution in [1.82, 2.24) is 4.90 Å². The standard InChI is InChI=1S/C16H20N2O2/c1-16(12-5-3-2-4-6-12)9-14(19)18(15(16)20)13(10-17)11-7-8-11/h2-6,11,13H,7-10,17H2,1H3. The maximum atomic E-state index is 12.8. The molecule has 106 valence electrons. The van der Waals surface area contributed by atoms with Crippen LogP contribution in [0.3, 0.4) is 0 Å². The smallest absolute Gasteiger partial charge is 0.240 e. The first kappa shape index (κ1) is 13.3. The molecule has 4 nitrogen and oxygen atoms in total. The highest BCUT2D eigenvalue weighted by atomic mass is 16.2. The third-order valence-electron chi connectivity index (χ3n) is 4.61. The number of hydrogen-bond donors (Lipinski definition) is 1. The van der Waals surface area contributed by atoms with Crippen LogP contribution >= 0.6 is 0 Å². The van der Waals surface area contributed by atoms with E-state index in [9.17, 15) is 9.59 Å². The zero-order valence-electron chi connectivity index (χ0n) is 11.7. The number of rotatable bonds is 4. The summed E-state index contributed by atoms with van der Waals surface area (Å²) in [5.41, 5.74) is 5.97. The molecule has 0 aromatic heterocycles. The van der Waals surface area contributed by atoms with E-state index >= 15 is 0 Å². The molecule has 1 aliphatic heterocycles. The second kappa shape index (κ2) is 4.70. The van der Waals surface area contributed by atoms with Gasteiger partial charge in [-0.05, 0) is 31.2 Å². The molecule has 1 aliphatic carbocycles. The van der Waals surface area contributed by atoms with Crippen LogP contribution in [0, 0.1) is 5.92 Å². The normalized spacial score (nSPS) is 28.0. The number of nitrogens with two attached hydrogens (primary N) is 1. The first-order chi connectivity index (χ1) is 9.58. The van der Waals surface area contributed by atoms with Crippen molar-refractivity contribution in [3.63, 3.8) is 0 Å². The van der Waals surface area contributed by atoms with Crippen molar-refractivity contribution in [2.24, 2.45) is 11.7 Å². The van der Waals surface area contributed by atoms with Crippen LogP contribution in [0.4, 0.5) is 0 Å². The molecule has 0 radical (unpaired) electrons. The number of carbonyl (C=O) groups excluding carboxylic acids is 2. The van der Waals surface area contributed by atoms with E-state index in [1.165, 1.54) is 4.90 Å². The number of imide groups is 1. The van der Waals surface area contributed by atoms with Crippen molar-refractivity contribution < 1.29 is 9.59 Å². The van der Waals surface area contributed by atoms with E-state index < -0.39 is 5.41 Å². The van der Waals surface area contributed by atoms with Gasteiger partial charge in [-0.2, -0.15) is 0 Å². The molecule has 2 fully saturated rings. The lowest BCUT2D eigenvalue weighted by Crippen LogP contribution is -2.47. The summed E-state index contributed by atoms with van der Waals surface area (Å²) in [5.74, 6) is 0.241. The zero-order valence-corrected chi connectivity index (χ0v) is 11.7. The third kappa shape index (κ3) is 1.95. The number of hydrogen-bond acceptors (Lipinski definition) is 3. The fourth-order valence-corrected chi connectivity index (χ4v) is 3.20. The van der Waals surface area contributed by atoms with Crippen LogP contribution in [0.25, 0.3) is 0 Å². The van der Waals surface area contributed by atoms with Crippen LogP contribution in [0.15, 0.2) is 30.3 Å². The first-order valence-corrected chi connectivity index (χ1v) is 7.20. The van der Waals surface area contributed by atoms with Gasteiger partial charge in [0.1, 0.15) is 0 Å². The summed E-state index contributed by atoms with van der Waals surface area (Å²) in [7, 11) is 0. The third-order valence-corrected chi connectivity index (χ3v) is 4.61. The molecule has 2 aliphatic rings.